The van der Waals surface area contributed by atoms with Crippen LogP contribution in [0.4, 0.5) is 15.8 Å². The van der Waals surface area contributed by atoms with E-state index < -0.39 is 0 Å². The molecule has 2 aromatic rings. The number of rotatable bonds is 4. The minimum absolute atomic E-state index is 0.186. The fourth-order valence-corrected chi connectivity index (χ4v) is 2.96. The number of hydrogen-bond acceptors (Lipinski definition) is 3. The number of halogens is 1. The number of nitrogens with two attached hydrogens (primary N) is 1. The highest BCUT2D eigenvalue weighted by Crippen LogP contribution is 2.17. The summed E-state index contributed by atoms with van der Waals surface area (Å²) in [5.41, 5.74) is 8.54. The zero-order chi connectivity index (χ0) is 16.9. The van der Waals surface area contributed by atoms with E-state index >= 15 is 0 Å². The maximum Gasteiger partial charge on any atom is 0.223 e. The summed E-state index contributed by atoms with van der Waals surface area (Å²) in [5, 5.41) is 0. The van der Waals surface area contributed by atoms with Crippen LogP contribution in [-0.2, 0) is 11.2 Å². The molecule has 1 aliphatic heterocycles. The Kier molecular flexibility index (Phi) is 4.99. The van der Waals surface area contributed by atoms with Gasteiger partial charge >= 0.3 is 0 Å². The third kappa shape index (κ3) is 4.04. The highest BCUT2D eigenvalue weighted by atomic mass is 19.1. The Morgan fingerprint density at radius 2 is 1.58 bits per heavy atom. The molecule has 5 heteroatoms. The van der Waals surface area contributed by atoms with E-state index in [0.717, 1.165) is 36.4 Å². The van der Waals surface area contributed by atoms with Gasteiger partial charge in [-0.05, 0) is 48.4 Å². The van der Waals surface area contributed by atoms with E-state index in [-0.39, 0.29) is 11.7 Å². The number of nitrogens with zero attached hydrogens (tertiary/aromatic N) is 2. The molecule has 3 rings (SSSR count). The summed E-state index contributed by atoms with van der Waals surface area (Å²) in [7, 11) is 0. The van der Waals surface area contributed by atoms with Crippen LogP contribution in [0.5, 0.6) is 0 Å². The van der Waals surface area contributed by atoms with Crippen LogP contribution in [0.3, 0.4) is 0 Å². The molecule has 24 heavy (non-hydrogen) atoms. The van der Waals surface area contributed by atoms with E-state index in [1.54, 1.807) is 12.1 Å². The maximum atomic E-state index is 13.0. The molecular weight excluding hydrogens is 305 g/mol. The molecule has 2 N–H and O–H groups in total. The molecule has 0 unspecified atom stereocenters. The van der Waals surface area contributed by atoms with E-state index in [0.29, 0.717) is 19.5 Å². The zero-order valence-corrected chi connectivity index (χ0v) is 13.6. The highest BCUT2D eigenvalue weighted by molar-refractivity contribution is 5.76. The molecule has 1 fully saturated rings. The smallest absolute Gasteiger partial charge is 0.223 e. The first-order chi connectivity index (χ1) is 11.6. The van der Waals surface area contributed by atoms with E-state index in [9.17, 15) is 9.18 Å². The van der Waals surface area contributed by atoms with E-state index in [1.807, 2.05) is 29.2 Å². The fourth-order valence-electron chi connectivity index (χ4n) is 2.96. The molecule has 1 heterocycles. The van der Waals surface area contributed by atoms with Gasteiger partial charge in [0.1, 0.15) is 5.82 Å². The Bertz CT molecular complexity index is 677. The predicted octanol–water partition coefficient (Wildman–Crippen LogP) is 2.69. The van der Waals surface area contributed by atoms with Crippen LogP contribution in [0.15, 0.2) is 48.5 Å². The molecule has 1 saturated heterocycles. The van der Waals surface area contributed by atoms with Crippen molar-refractivity contribution in [1.82, 2.24) is 4.90 Å². The first-order valence-corrected chi connectivity index (χ1v) is 8.24. The number of carbonyl (C=O) groups excluding carboxylic acids is 1. The Morgan fingerprint density at radius 3 is 2.21 bits per heavy atom. The van der Waals surface area contributed by atoms with Gasteiger partial charge in [0.2, 0.25) is 5.91 Å². The van der Waals surface area contributed by atoms with Crippen molar-refractivity contribution in [3.05, 3.63) is 59.9 Å². The van der Waals surface area contributed by atoms with Crippen LogP contribution in [-0.4, -0.2) is 37.0 Å². The van der Waals surface area contributed by atoms with Crippen molar-refractivity contribution >= 4 is 17.3 Å². The minimum Gasteiger partial charge on any atom is -0.399 e. The summed E-state index contributed by atoms with van der Waals surface area (Å²) in [4.78, 5) is 16.5. The van der Waals surface area contributed by atoms with E-state index in [1.165, 1.54) is 12.1 Å². The number of carbonyl (C=O) groups is 1. The molecule has 4 nitrogen and oxygen atoms in total. The third-order valence-electron chi connectivity index (χ3n) is 4.43. The average Bonchev–Trinajstić information content (AvgIpc) is 2.62. The first-order valence-electron chi connectivity index (χ1n) is 8.24. The van der Waals surface area contributed by atoms with Crippen molar-refractivity contribution in [2.24, 2.45) is 0 Å². The molecule has 0 atom stereocenters. The summed E-state index contributed by atoms with van der Waals surface area (Å²) >= 11 is 0. The molecule has 1 aliphatic rings. The number of piperazine rings is 1. The molecule has 126 valence electrons. The Labute approximate surface area is 141 Å². The van der Waals surface area contributed by atoms with Gasteiger partial charge in [0, 0.05) is 44.0 Å². The number of amides is 1. The van der Waals surface area contributed by atoms with Crippen molar-refractivity contribution < 1.29 is 9.18 Å². The summed E-state index contributed by atoms with van der Waals surface area (Å²) in [6.45, 7) is 2.97. The second kappa shape index (κ2) is 7.34. The van der Waals surface area contributed by atoms with Crippen LogP contribution < -0.4 is 10.6 Å². The third-order valence-corrected chi connectivity index (χ3v) is 4.43. The van der Waals surface area contributed by atoms with Gasteiger partial charge in [0.05, 0.1) is 0 Å². The summed E-state index contributed by atoms with van der Waals surface area (Å²) < 4.78 is 13.0. The van der Waals surface area contributed by atoms with Crippen molar-refractivity contribution in [2.75, 3.05) is 36.8 Å². The summed E-state index contributed by atoms with van der Waals surface area (Å²) in [6, 6.07) is 14.2. The lowest BCUT2D eigenvalue weighted by molar-refractivity contribution is -0.131. The number of benzene rings is 2. The number of aryl methyl sites for hydroxylation is 1. The standard InChI is InChI=1S/C19H22FN3O/c20-16-4-8-18(9-5-16)22-11-13-23(14-12-22)19(24)10-3-15-1-6-17(21)7-2-15/h1-2,4-9H,3,10-14,21H2. The second-order valence-corrected chi connectivity index (χ2v) is 6.09. The van der Waals surface area contributed by atoms with Gasteiger partial charge in [-0.2, -0.15) is 0 Å². The lowest BCUT2D eigenvalue weighted by atomic mass is 10.1. The lowest BCUT2D eigenvalue weighted by Gasteiger charge is -2.36. The zero-order valence-electron chi connectivity index (χ0n) is 13.6. The largest absolute Gasteiger partial charge is 0.399 e. The number of nitrogen functional groups attached to an aromatic ring is 1. The number of anilines is 2. The normalized spacial score (nSPS) is 14.7. The van der Waals surface area contributed by atoms with Gasteiger partial charge in [-0.25, -0.2) is 4.39 Å². The molecule has 1 amide bonds. The fraction of sp³-hybridized carbons (Fsp3) is 0.316. The van der Waals surface area contributed by atoms with Crippen LogP contribution in [0.2, 0.25) is 0 Å². The predicted molar refractivity (Wildman–Crippen MR) is 94.4 cm³/mol. The van der Waals surface area contributed by atoms with Crippen LogP contribution in [0, 0.1) is 5.82 Å². The van der Waals surface area contributed by atoms with Crippen molar-refractivity contribution in [3.8, 4) is 0 Å². The Hall–Kier alpha value is -2.56. The average molecular weight is 327 g/mol. The van der Waals surface area contributed by atoms with E-state index in [4.69, 9.17) is 5.73 Å². The Balaban J connectivity index is 1.48. The monoisotopic (exact) mass is 327 g/mol. The topological polar surface area (TPSA) is 49.6 Å². The van der Waals surface area contributed by atoms with Crippen molar-refractivity contribution in [2.45, 2.75) is 12.8 Å². The van der Waals surface area contributed by atoms with Gasteiger partial charge in [-0.3, -0.25) is 4.79 Å². The van der Waals surface area contributed by atoms with Gasteiger partial charge < -0.3 is 15.5 Å². The highest BCUT2D eigenvalue weighted by Gasteiger charge is 2.21. The lowest BCUT2D eigenvalue weighted by Crippen LogP contribution is -2.48. The second-order valence-electron chi connectivity index (χ2n) is 6.09. The van der Waals surface area contributed by atoms with E-state index in [2.05, 4.69) is 4.90 Å². The summed E-state index contributed by atoms with van der Waals surface area (Å²) in [6.07, 6.45) is 1.25. The quantitative estimate of drug-likeness (QED) is 0.879. The van der Waals surface area contributed by atoms with Crippen LogP contribution in [0.1, 0.15) is 12.0 Å². The van der Waals surface area contributed by atoms with Gasteiger partial charge in [0.15, 0.2) is 0 Å². The van der Waals surface area contributed by atoms with Gasteiger partial charge in [-0.1, -0.05) is 12.1 Å². The van der Waals surface area contributed by atoms with Crippen LogP contribution in [0.25, 0.3) is 0 Å². The number of hydrogen-bond donors (Lipinski definition) is 1. The molecule has 0 aliphatic carbocycles. The maximum absolute atomic E-state index is 13.0. The molecular formula is C19H22FN3O. The van der Waals surface area contributed by atoms with Crippen molar-refractivity contribution in [3.63, 3.8) is 0 Å². The molecule has 0 spiro atoms. The first kappa shape index (κ1) is 16.3. The van der Waals surface area contributed by atoms with Gasteiger partial charge in [0.25, 0.3) is 0 Å². The van der Waals surface area contributed by atoms with Gasteiger partial charge in [-0.15, -0.1) is 0 Å². The summed E-state index contributed by atoms with van der Waals surface area (Å²) in [5.74, 6) is -0.0409. The molecule has 0 bridgehead atoms. The molecule has 0 saturated carbocycles. The Morgan fingerprint density at radius 1 is 0.958 bits per heavy atom. The molecule has 0 radical (unpaired) electrons. The minimum atomic E-state index is -0.227. The molecule has 0 aromatic heterocycles. The van der Waals surface area contributed by atoms with Crippen molar-refractivity contribution in [1.29, 1.82) is 0 Å². The van der Waals surface area contributed by atoms with Crippen LogP contribution >= 0.6 is 0 Å². The molecule has 2 aromatic carbocycles. The SMILES string of the molecule is Nc1ccc(CCC(=O)N2CCN(c3ccc(F)cc3)CC2)cc1.